The molecule has 0 bridgehead atoms. The molecule has 0 aliphatic rings. The van der Waals surface area contributed by atoms with Gasteiger partial charge in [-0.15, -0.1) is 0 Å². The number of rotatable bonds is 2. The molecule has 18 heavy (non-hydrogen) atoms. The van der Waals surface area contributed by atoms with Crippen LogP contribution < -0.4 is 0 Å². The van der Waals surface area contributed by atoms with E-state index < -0.39 is 11.7 Å². The van der Waals surface area contributed by atoms with Crippen LogP contribution in [0.3, 0.4) is 0 Å². The van der Waals surface area contributed by atoms with Crippen molar-refractivity contribution in [2.75, 3.05) is 0 Å². The van der Waals surface area contributed by atoms with E-state index in [0.717, 1.165) is 5.56 Å². The topological polar surface area (TPSA) is 0 Å². The third kappa shape index (κ3) is 2.73. The molecule has 0 saturated carbocycles. The average molecular weight is 250 g/mol. The molecule has 0 saturated heterocycles. The van der Waals surface area contributed by atoms with Crippen LogP contribution in [-0.2, 0) is 12.6 Å². The summed E-state index contributed by atoms with van der Waals surface area (Å²) in [7, 11) is 0. The summed E-state index contributed by atoms with van der Waals surface area (Å²) >= 11 is 0. The van der Waals surface area contributed by atoms with Gasteiger partial charge in [0.2, 0.25) is 0 Å². The molecule has 0 amide bonds. The molecule has 0 atom stereocenters. The number of halogens is 3. The molecule has 0 N–H and O–H groups in total. The lowest BCUT2D eigenvalue weighted by atomic mass is 9.98. The molecule has 94 valence electrons. The maximum Gasteiger partial charge on any atom is 0.416 e. The van der Waals surface area contributed by atoms with E-state index in [1.54, 1.807) is 0 Å². The molecule has 0 nitrogen and oxygen atoms in total. The second-order valence-electron chi connectivity index (χ2n) is 4.14. The lowest BCUT2D eigenvalue weighted by Gasteiger charge is -2.11. The monoisotopic (exact) mass is 250 g/mol. The normalized spacial score (nSPS) is 11.6. The number of benzene rings is 2. The zero-order valence-electron chi connectivity index (χ0n) is 9.96. The first-order valence-electron chi connectivity index (χ1n) is 5.77. The van der Waals surface area contributed by atoms with Crippen molar-refractivity contribution in [3.05, 3.63) is 59.7 Å². The molecule has 2 rings (SSSR count). The summed E-state index contributed by atoms with van der Waals surface area (Å²) in [5, 5.41) is 0. The van der Waals surface area contributed by atoms with E-state index in [1.807, 2.05) is 43.3 Å². The van der Waals surface area contributed by atoms with Crippen molar-refractivity contribution in [2.24, 2.45) is 0 Å². The van der Waals surface area contributed by atoms with E-state index in [2.05, 4.69) is 0 Å². The van der Waals surface area contributed by atoms with Crippen molar-refractivity contribution in [1.29, 1.82) is 0 Å². The highest BCUT2D eigenvalue weighted by Crippen LogP contribution is 2.33. The van der Waals surface area contributed by atoms with Crippen LogP contribution in [0.2, 0.25) is 0 Å². The number of aryl methyl sites for hydroxylation is 1. The van der Waals surface area contributed by atoms with E-state index in [0.29, 0.717) is 17.5 Å². The highest BCUT2D eigenvalue weighted by atomic mass is 19.4. The summed E-state index contributed by atoms with van der Waals surface area (Å²) in [6, 6.07) is 13.3. The Morgan fingerprint density at radius 3 is 2.11 bits per heavy atom. The summed E-state index contributed by atoms with van der Waals surface area (Å²) in [6.45, 7) is 1.85. The lowest BCUT2D eigenvalue weighted by molar-refractivity contribution is -0.137. The van der Waals surface area contributed by atoms with E-state index >= 15 is 0 Å². The predicted octanol–water partition coefficient (Wildman–Crippen LogP) is 4.93. The van der Waals surface area contributed by atoms with Crippen LogP contribution in [0.4, 0.5) is 13.2 Å². The van der Waals surface area contributed by atoms with Crippen molar-refractivity contribution in [2.45, 2.75) is 19.5 Å². The molecule has 0 aliphatic carbocycles. The summed E-state index contributed by atoms with van der Waals surface area (Å²) in [5.74, 6) is 0. The first-order chi connectivity index (χ1) is 8.50. The van der Waals surface area contributed by atoms with E-state index in [9.17, 15) is 13.2 Å². The fraction of sp³-hybridized carbons (Fsp3) is 0.200. The molecule has 2 aromatic carbocycles. The van der Waals surface area contributed by atoms with Gasteiger partial charge >= 0.3 is 6.18 Å². The van der Waals surface area contributed by atoms with Gasteiger partial charge in [-0.2, -0.15) is 13.2 Å². The van der Waals surface area contributed by atoms with Crippen LogP contribution in [0.25, 0.3) is 11.1 Å². The predicted molar refractivity (Wildman–Crippen MR) is 66.3 cm³/mol. The SMILES string of the molecule is CCc1cc(-c2ccccc2)cc(C(F)(F)F)c1. The van der Waals surface area contributed by atoms with Gasteiger partial charge in [0, 0.05) is 0 Å². The zero-order valence-corrected chi connectivity index (χ0v) is 9.96. The second kappa shape index (κ2) is 4.84. The van der Waals surface area contributed by atoms with Crippen molar-refractivity contribution >= 4 is 0 Å². The minimum absolute atomic E-state index is 0.583. The van der Waals surface area contributed by atoms with Gasteiger partial charge in [0.15, 0.2) is 0 Å². The van der Waals surface area contributed by atoms with Crippen molar-refractivity contribution < 1.29 is 13.2 Å². The van der Waals surface area contributed by atoms with Gasteiger partial charge < -0.3 is 0 Å². The van der Waals surface area contributed by atoms with Crippen molar-refractivity contribution in [3.8, 4) is 11.1 Å². The summed E-state index contributed by atoms with van der Waals surface area (Å²) in [6.07, 6.45) is -3.71. The lowest BCUT2D eigenvalue weighted by Crippen LogP contribution is -2.05. The van der Waals surface area contributed by atoms with Crippen LogP contribution in [0, 0.1) is 0 Å². The molecule has 0 fully saturated rings. The zero-order chi connectivity index (χ0) is 13.2. The third-order valence-corrected chi connectivity index (χ3v) is 2.84. The Morgan fingerprint density at radius 1 is 0.889 bits per heavy atom. The molecular weight excluding hydrogens is 237 g/mol. The molecule has 0 spiro atoms. The average Bonchev–Trinajstić information content (AvgIpc) is 2.38. The summed E-state index contributed by atoms with van der Waals surface area (Å²) in [5.41, 5.74) is 1.53. The van der Waals surface area contributed by atoms with E-state index in [1.165, 1.54) is 12.1 Å². The number of alkyl halides is 3. The van der Waals surface area contributed by atoms with Crippen LogP contribution in [-0.4, -0.2) is 0 Å². The first-order valence-corrected chi connectivity index (χ1v) is 5.77. The minimum atomic E-state index is -4.30. The molecule has 0 aliphatic heterocycles. The Labute approximate surface area is 104 Å². The number of hydrogen-bond donors (Lipinski definition) is 0. The van der Waals surface area contributed by atoms with Crippen molar-refractivity contribution in [1.82, 2.24) is 0 Å². The van der Waals surface area contributed by atoms with Crippen molar-refractivity contribution in [3.63, 3.8) is 0 Å². The Kier molecular flexibility index (Phi) is 3.41. The fourth-order valence-corrected chi connectivity index (χ4v) is 1.86. The molecule has 3 heteroatoms. The molecule has 0 unspecified atom stereocenters. The first kappa shape index (κ1) is 12.7. The molecule has 0 heterocycles. The Balaban J connectivity index is 2.55. The smallest absolute Gasteiger partial charge is 0.166 e. The Morgan fingerprint density at radius 2 is 1.56 bits per heavy atom. The second-order valence-corrected chi connectivity index (χ2v) is 4.14. The van der Waals surface area contributed by atoms with Gasteiger partial charge in [-0.3, -0.25) is 0 Å². The molecule has 2 aromatic rings. The third-order valence-electron chi connectivity index (χ3n) is 2.84. The summed E-state index contributed by atoms with van der Waals surface area (Å²) in [4.78, 5) is 0. The quantitative estimate of drug-likeness (QED) is 0.708. The van der Waals surface area contributed by atoms with E-state index in [-0.39, 0.29) is 0 Å². The molecule has 0 aromatic heterocycles. The Hall–Kier alpha value is -1.77. The van der Waals surface area contributed by atoms with Crippen LogP contribution >= 0.6 is 0 Å². The van der Waals surface area contributed by atoms with Gasteiger partial charge in [0.1, 0.15) is 0 Å². The van der Waals surface area contributed by atoms with Gasteiger partial charge in [-0.25, -0.2) is 0 Å². The van der Waals surface area contributed by atoms with Crippen LogP contribution in [0.1, 0.15) is 18.1 Å². The van der Waals surface area contributed by atoms with Gasteiger partial charge in [-0.1, -0.05) is 43.3 Å². The van der Waals surface area contributed by atoms with Crippen LogP contribution in [0.15, 0.2) is 48.5 Å². The standard InChI is InChI=1S/C15H13F3/c1-2-11-8-13(12-6-4-3-5-7-12)10-14(9-11)15(16,17)18/h3-10H,2H2,1H3. The highest BCUT2D eigenvalue weighted by Gasteiger charge is 2.31. The number of hydrogen-bond acceptors (Lipinski definition) is 0. The maximum absolute atomic E-state index is 12.8. The summed E-state index contributed by atoms with van der Waals surface area (Å²) < 4.78 is 38.4. The largest absolute Gasteiger partial charge is 0.416 e. The van der Waals surface area contributed by atoms with E-state index in [4.69, 9.17) is 0 Å². The van der Waals surface area contributed by atoms with Gasteiger partial charge in [0.05, 0.1) is 5.56 Å². The van der Waals surface area contributed by atoms with Crippen LogP contribution in [0.5, 0.6) is 0 Å². The Bertz CT molecular complexity index is 527. The minimum Gasteiger partial charge on any atom is -0.166 e. The fourth-order valence-electron chi connectivity index (χ4n) is 1.86. The molecular formula is C15H13F3. The maximum atomic E-state index is 12.8. The molecule has 0 radical (unpaired) electrons. The van der Waals surface area contributed by atoms with Gasteiger partial charge in [0.25, 0.3) is 0 Å². The highest BCUT2D eigenvalue weighted by molar-refractivity contribution is 5.65. The van der Waals surface area contributed by atoms with Gasteiger partial charge in [-0.05, 0) is 35.2 Å².